The Bertz CT molecular complexity index is 822. The van der Waals surface area contributed by atoms with Crippen LogP contribution in [0.3, 0.4) is 0 Å². The molecule has 0 aliphatic carbocycles. The molecular weight excluding hydrogens is 359 g/mol. The Morgan fingerprint density at radius 1 is 1.14 bits per heavy atom. The van der Waals surface area contributed by atoms with Gasteiger partial charge >= 0.3 is 6.18 Å². The Morgan fingerprint density at radius 2 is 1.82 bits per heavy atom. The lowest BCUT2D eigenvalue weighted by Crippen LogP contribution is -2.04. The van der Waals surface area contributed by atoms with E-state index in [4.69, 9.17) is 0 Å². The lowest BCUT2D eigenvalue weighted by molar-refractivity contribution is -0.137. The van der Waals surface area contributed by atoms with Crippen LogP contribution in [0.15, 0.2) is 36.5 Å². The zero-order valence-electron chi connectivity index (χ0n) is 11.5. The number of imidazole rings is 1. The van der Waals surface area contributed by atoms with E-state index < -0.39 is 11.7 Å². The number of hydrogen-bond acceptors (Lipinski definition) is 2. The molecule has 7 heteroatoms. The summed E-state index contributed by atoms with van der Waals surface area (Å²) < 4.78 is 39.7. The zero-order valence-corrected chi connectivity index (χ0v) is 13.1. The maximum atomic E-state index is 12.6. The van der Waals surface area contributed by atoms with Crippen molar-refractivity contribution in [2.75, 3.05) is 0 Å². The molecular formula is C15H11BrF3N3. The number of benzene rings is 1. The lowest BCUT2D eigenvalue weighted by Gasteiger charge is -2.07. The Labute approximate surface area is 132 Å². The molecule has 0 aliphatic heterocycles. The standard InChI is InChI=1S/C15H11BrF3N3/c1-22-13(9-2-4-11(5-3-9)15(17,18)19)21-12-10(8-16)6-7-20-14(12)22/h2-7H,8H2,1H3. The van der Waals surface area contributed by atoms with E-state index in [1.54, 1.807) is 17.8 Å². The van der Waals surface area contributed by atoms with E-state index in [0.717, 1.165) is 23.2 Å². The highest BCUT2D eigenvalue weighted by Gasteiger charge is 2.30. The van der Waals surface area contributed by atoms with Crippen LogP contribution < -0.4 is 0 Å². The zero-order chi connectivity index (χ0) is 15.9. The number of halogens is 4. The van der Waals surface area contributed by atoms with Crippen LogP contribution in [-0.4, -0.2) is 14.5 Å². The summed E-state index contributed by atoms with van der Waals surface area (Å²) in [4.78, 5) is 8.83. The van der Waals surface area contributed by atoms with Crippen LogP contribution in [0.25, 0.3) is 22.6 Å². The SMILES string of the molecule is Cn1c(-c2ccc(C(F)(F)F)cc2)nc2c(CBr)ccnc21. The largest absolute Gasteiger partial charge is 0.416 e. The second-order valence-corrected chi connectivity index (χ2v) is 5.41. The third-order valence-electron chi connectivity index (χ3n) is 3.46. The molecule has 0 radical (unpaired) electrons. The molecule has 3 aromatic rings. The smallest absolute Gasteiger partial charge is 0.312 e. The van der Waals surface area contributed by atoms with E-state index in [1.807, 2.05) is 6.07 Å². The molecule has 0 saturated heterocycles. The number of aryl methyl sites for hydroxylation is 1. The minimum atomic E-state index is -4.34. The summed E-state index contributed by atoms with van der Waals surface area (Å²) in [5.74, 6) is 0.588. The van der Waals surface area contributed by atoms with Gasteiger partial charge in [0.05, 0.1) is 5.56 Å². The van der Waals surface area contributed by atoms with Crippen molar-refractivity contribution >= 4 is 27.1 Å². The highest BCUT2D eigenvalue weighted by molar-refractivity contribution is 9.08. The quantitative estimate of drug-likeness (QED) is 0.620. The van der Waals surface area contributed by atoms with Crippen LogP contribution >= 0.6 is 15.9 Å². The Hall–Kier alpha value is -1.89. The molecule has 2 aromatic heterocycles. The van der Waals surface area contributed by atoms with Crippen molar-refractivity contribution in [3.63, 3.8) is 0 Å². The second-order valence-electron chi connectivity index (χ2n) is 4.85. The van der Waals surface area contributed by atoms with Gasteiger partial charge < -0.3 is 4.57 Å². The van der Waals surface area contributed by atoms with Crippen molar-refractivity contribution in [1.29, 1.82) is 0 Å². The van der Waals surface area contributed by atoms with Gasteiger partial charge in [0.25, 0.3) is 0 Å². The lowest BCUT2D eigenvalue weighted by atomic mass is 10.1. The molecule has 0 bridgehead atoms. The fourth-order valence-corrected chi connectivity index (χ4v) is 2.76. The summed E-state index contributed by atoms with van der Waals surface area (Å²) in [6.45, 7) is 0. The fourth-order valence-electron chi connectivity index (χ4n) is 2.30. The van der Waals surface area contributed by atoms with Crippen LogP contribution in [0.4, 0.5) is 13.2 Å². The van der Waals surface area contributed by atoms with Crippen molar-refractivity contribution in [2.24, 2.45) is 7.05 Å². The van der Waals surface area contributed by atoms with Crippen molar-refractivity contribution in [1.82, 2.24) is 14.5 Å². The van der Waals surface area contributed by atoms with Crippen LogP contribution in [-0.2, 0) is 18.6 Å². The Morgan fingerprint density at radius 3 is 2.41 bits per heavy atom. The summed E-state index contributed by atoms with van der Waals surface area (Å²) in [7, 11) is 1.80. The van der Waals surface area contributed by atoms with Crippen molar-refractivity contribution in [3.8, 4) is 11.4 Å². The first-order valence-corrected chi connectivity index (χ1v) is 7.58. The van der Waals surface area contributed by atoms with E-state index in [2.05, 4.69) is 25.9 Å². The van der Waals surface area contributed by atoms with Crippen LogP contribution in [0.2, 0.25) is 0 Å². The topological polar surface area (TPSA) is 30.7 Å². The van der Waals surface area contributed by atoms with Gasteiger partial charge in [-0.3, -0.25) is 0 Å². The van der Waals surface area contributed by atoms with Gasteiger partial charge in [0.1, 0.15) is 11.3 Å². The van der Waals surface area contributed by atoms with Gasteiger partial charge in [0.2, 0.25) is 0 Å². The molecule has 1 aromatic carbocycles. The molecule has 0 fully saturated rings. The summed E-state index contributed by atoms with van der Waals surface area (Å²) in [5.41, 5.74) is 2.38. The van der Waals surface area contributed by atoms with Gasteiger partial charge in [0, 0.05) is 24.1 Å². The van der Waals surface area contributed by atoms with Gasteiger partial charge in [-0.1, -0.05) is 28.1 Å². The molecule has 3 nitrogen and oxygen atoms in total. The first-order chi connectivity index (χ1) is 10.4. The normalized spacial score (nSPS) is 12.0. The summed E-state index contributed by atoms with van der Waals surface area (Å²) in [6.07, 6.45) is -2.65. The molecule has 0 atom stereocenters. The van der Waals surface area contributed by atoms with Gasteiger partial charge in [-0.2, -0.15) is 13.2 Å². The van der Waals surface area contributed by atoms with Crippen molar-refractivity contribution in [2.45, 2.75) is 11.5 Å². The first-order valence-electron chi connectivity index (χ1n) is 6.45. The summed E-state index contributed by atoms with van der Waals surface area (Å²) in [5, 5.41) is 0.634. The van der Waals surface area contributed by atoms with Crippen LogP contribution in [0, 0.1) is 0 Å². The molecule has 0 spiro atoms. The molecule has 0 N–H and O–H groups in total. The minimum Gasteiger partial charge on any atom is -0.312 e. The fraction of sp³-hybridized carbons (Fsp3) is 0.200. The average Bonchev–Trinajstić information content (AvgIpc) is 2.84. The van der Waals surface area contributed by atoms with Crippen LogP contribution in [0.5, 0.6) is 0 Å². The number of aromatic nitrogens is 3. The maximum Gasteiger partial charge on any atom is 0.416 e. The van der Waals surface area contributed by atoms with Crippen molar-refractivity contribution in [3.05, 3.63) is 47.7 Å². The predicted octanol–water partition coefficient (Wildman–Crippen LogP) is 4.55. The van der Waals surface area contributed by atoms with Gasteiger partial charge in [-0.15, -0.1) is 0 Å². The Kier molecular flexibility index (Phi) is 3.68. The monoisotopic (exact) mass is 369 g/mol. The first kappa shape index (κ1) is 15.0. The van der Waals surface area contributed by atoms with Crippen molar-refractivity contribution < 1.29 is 13.2 Å². The molecule has 0 aliphatic rings. The number of alkyl halides is 4. The third-order valence-corrected chi connectivity index (χ3v) is 4.06. The highest BCUT2D eigenvalue weighted by Crippen LogP contribution is 2.31. The van der Waals surface area contributed by atoms with Gasteiger partial charge in [0.15, 0.2) is 5.65 Å². The highest BCUT2D eigenvalue weighted by atomic mass is 79.9. The minimum absolute atomic E-state index is 0.588. The Balaban J connectivity index is 2.12. The van der Waals surface area contributed by atoms with Gasteiger partial charge in [-0.05, 0) is 23.8 Å². The van der Waals surface area contributed by atoms with E-state index in [0.29, 0.717) is 22.4 Å². The van der Waals surface area contributed by atoms with E-state index in [1.165, 1.54) is 12.1 Å². The number of pyridine rings is 1. The number of rotatable bonds is 2. The maximum absolute atomic E-state index is 12.6. The number of hydrogen-bond donors (Lipinski definition) is 0. The molecule has 3 rings (SSSR count). The number of nitrogens with zero attached hydrogens (tertiary/aromatic N) is 3. The predicted molar refractivity (Wildman–Crippen MR) is 81.6 cm³/mol. The average molecular weight is 370 g/mol. The van der Waals surface area contributed by atoms with E-state index in [9.17, 15) is 13.2 Å². The van der Waals surface area contributed by atoms with E-state index in [-0.39, 0.29) is 0 Å². The summed E-state index contributed by atoms with van der Waals surface area (Å²) >= 11 is 3.40. The molecule has 22 heavy (non-hydrogen) atoms. The second kappa shape index (κ2) is 5.39. The van der Waals surface area contributed by atoms with Crippen LogP contribution in [0.1, 0.15) is 11.1 Å². The molecule has 114 valence electrons. The third kappa shape index (κ3) is 2.49. The molecule has 0 amide bonds. The molecule has 0 unspecified atom stereocenters. The summed E-state index contributed by atoms with van der Waals surface area (Å²) in [6, 6.07) is 6.84. The molecule has 2 heterocycles. The van der Waals surface area contributed by atoms with Gasteiger partial charge in [-0.25, -0.2) is 9.97 Å². The number of fused-ring (bicyclic) bond motifs is 1. The van der Waals surface area contributed by atoms with E-state index >= 15 is 0 Å². The molecule has 0 saturated carbocycles.